The van der Waals surface area contributed by atoms with Gasteiger partial charge in [-0.3, -0.25) is 0 Å². The smallest absolute Gasteiger partial charge is 0.399 e. The van der Waals surface area contributed by atoms with E-state index < -0.39 is 17.0 Å². The van der Waals surface area contributed by atoms with E-state index in [1.54, 1.807) is 6.92 Å². The molecule has 0 aromatic heterocycles. The Morgan fingerprint density at radius 2 is 1.48 bits per heavy atom. The highest BCUT2D eigenvalue weighted by molar-refractivity contribution is 7.90. The molecule has 0 amide bonds. The molecule has 21 heavy (non-hydrogen) atoms. The molecule has 0 aliphatic carbocycles. The molecular weight excluding hydrogens is 287 g/mol. The predicted octanol–water partition coefficient (Wildman–Crippen LogP) is 1.92. The number of hydrogen-bond donors (Lipinski definition) is 0. The van der Waals surface area contributed by atoms with E-state index in [1.807, 2.05) is 52.0 Å². The first-order chi connectivity index (χ1) is 9.56. The lowest BCUT2D eigenvalue weighted by molar-refractivity contribution is 0.00578. The lowest BCUT2D eigenvalue weighted by atomic mass is 9.79. The summed E-state index contributed by atoms with van der Waals surface area (Å²) in [6.45, 7) is 9.70. The SMILES string of the molecule is CCS(=O)(=O)Cc1ccc(B2OC(C)(C)C(C)(C)O2)cc1. The van der Waals surface area contributed by atoms with Crippen LogP contribution >= 0.6 is 0 Å². The van der Waals surface area contributed by atoms with Gasteiger partial charge in [0, 0.05) is 5.75 Å². The summed E-state index contributed by atoms with van der Waals surface area (Å²) in [5, 5.41) is 0. The molecule has 0 unspecified atom stereocenters. The quantitative estimate of drug-likeness (QED) is 0.797. The van der Waals surface area contributed by atoms with Crippen molar-refractivity contribution in [3.63, 3.8) is 0 Å². The molecule has 1 aliphatic heterocycles. The monoisotopic (exact) mass is 310 g/mol. The number of sulfone groups is 1. The summed E-state index contributed by atoms with van der Waals surface area (Å²) in [7, 11) is -3.41. The highest BCUT2D eigenvalue weighted by Gasteiger charge is 2.51. The van der Waals surface area contributed by atoms with Crippen LogP contribution in [-0.4, -0.2) is 32.5 Å². The molecule has 4 nitrogen and oxygen atoms in total. The maximum Gasteiger partial charge on any atom is 0.494 e. The Kier molecular flexibility index (Phi) is 4.26. The van der Waals surface area contributed by atoms with Gasteiger partial charge >= 0.3 is 7.12 Å². The minimum absolute atomic E-state index is 0.0765. The molecule has 0 radical (unpaired) electrons. The van der Waals surface area contributed by atoms with Crippen LogP contribution in [0.25, 0.3) is 0 Å². The largest absolute Gasteiger partial charge is 0.494 e. The summed E-state index contributed by atoms with van der Waals surface area (Å²) >= 11 is 0. The van der Waals surface area contributed by atoms with Crippen LogP contribution in [0.5, 0.6) is 0 Å². The van der Waals surface area contributed by atoms with E-state index in [0.29, 0.717) is 0 Å². The van der Waals surface area contributed by atoms with Crippen LogP contribution in [0.1, 0.15) is 40.2 Å². The van der Waals surface area contributed by atoms with E-state index in [4.69, 9.17) is 9.31 Å². The second-order valence-electron chi connectivity index (χ2n) is 6.51. The minimum Gasteiger partial charge on any atom is -0.399 e. The van der Waals surface area contributed by atoms with Gasteiger partial charge in [-0.1, -0.05) is 31.2 Å². The highest BCUT2D eigenvalue weighted by atomic mass is 32.2. The normalized spacial score (nSPS) is 20.7. The first-order valence-corrected chi connectivity index (χ1v) is 9.03. The standard InChI is InChI=1S/C15H23BO4S/c1-6-21(17,18)11-12-7-9-13(10-8-12)16-19-14(2,3)15(4,5)20-16/h7-10H,6,11H2,1-5H3. The van der Waals surface area contributed by atoms with Crippen molar-refractivity contribution in [2.24, 2.45) is 0 Å². The molecule has 116 valence electrons. The van der Waals surface area contributed by atoms with Crippen LogP contribution in [0.15, 0.2) is 24.3 Å². The minimum atomic E-state index is -3.00. The molecule has 0 saturated carbocycles. The molecule has 0 bridgehead atoms. The van der Waals surface area contributed by atoms with Gasteiger partial charge in [-0.05, 0) is 38.7 Å². The van der Waals surface area contributed by atoms with E-state index in [0.717, 1.165) is 11.0 Å². The lowest BCUT2D eigenvalue weighted by Gasteiger charge is -2.32. The van der Waals surface area contributed by atoms with E-state index in [1.165, 1.54) is 0 Å². The molecule has 1 heterocycles. The maximum absolute atomic E-state index is 11.6. The molecule has 2 rings (SSSR count). The summed E-state index contributed by atoms with van der Waals surface area (Å²) in [6.07, 6.45) is 0. The molecule has 6 heteroatoms. The molecule has 1 saturated heterocycles. The molecule has 0 N–H and O–H groups in total. The number of rotatable bonds is 4. The number of benzene rings is 1. The second kappa shape index (κ2) is 5.41. The van der Waals surface area contributed by atoms with Gasteiger partial charge in [-0.15, -0.1) is 0 Å². The first-order valence-electron chi connectivity index (χ1n) is 7.21. The van der Waals surface area contributed by atoms with Crippen LogP contribution in [0, 0.1) is 0 Å². The van der Waals surface area contributed by atoms with Gasteiger partial charge in [-0.25, -0.2) is 8.42 Å². The third kappa shape index (κ3) is 3.50. The van der Waals surface area contributed by atoms with Gasteiger partial charge in [-0.2, -0.15) is 0 Å². The van der Waals surface area contributed by atoms with Crippen molar-refractivity contribution in [2.75, 3.05) is 5.75 Å². The summed E-state index contributed by atoms with van der Waals surface area (Å²) in [4.78, 5) is 0. The molecule has 1 aromatic carbocycles. The van der Waals surface area contributed by atoms with Crippen molar-refractivity contribution >= 4 is 22.4 Å². The van der Waals surface area contributed by atoms with Crippen LogP contribution < -0.4 is 5.46 Å². The Morgan fingerprint density at radius 1 is 1.00 bits per heavy atom. The van der Waals surface area contributed by atoms with Crippen molar-refractivity contribution in [1.29, 1.82) is 0 Å². The van der Waals surface area contributed by atoms with Gasteiger partial charge in [0.05, 0.1) is 17.0 Å². The zero-order valence-corrected chi connectivity index (χ0v) is 14.2. The summed E-state index contributed by atoms with van der Waals surface area (Å²) < 4.78 is 35.2. The zero-order chi connectivity index (χ0) is 15.9. The molecule has 0 atom stereocenters. The third-order valence-corrected chi connectivity index (χ3v) is 5.98. The lowest BCUT2D eigenvalue weighted by Crippen LogP contribution is -2.41. The average molecular weight is 310 g/mol. The van der Waals surface area contributed by atoms with Crippen LogP contribution in [-0.2, 0) is 24.9 Å². The van der Waals surface area contributed by atoms with Gasteiger partial charge in [0.1, 0.15) is 0 Å². The molecule has 1 aliphatic rings. The average Bonchev–Trinajstić information content (AvgIpc) is 2.59. The fraction of sp³-hybridized carbons (Fsp3) is 0.600. The number of hydrogen-bond acceptors (Lipinski definition) is 4. The van der Waals surface area contributed by atoms with Crippen LogP contribution in [0.3, 0.4) is 0 Å². The fourth-order valence-electron chi connectivity index (χ4n) is 2.11. The Bertz CT molecular complexity index is 589. The van der Waals surface area contributed by atoms with Crippen molar-refractivity contribution in [1.82, 2.24) is 0 Å². The Balaban J connectivity index is 2.14. The van der Waals surface area contributed by atoms with Gasteiger partial charge in [0.2, 0.25) is 0 Å². The van der Waals surface area contributed by atoms with Crippen molar-refractivity contribution in [3.8, 4) is 0 Å². The highest BCUT2D eigenvalue weighted by Crippen LogP contribution is 2.36. The summed E-state index contributed by atoms with van der Waals surface area (Å²) in [6, 6.07) is 7.41. The summed E-state index contributed by atoms with van der Waals surface area (Å²) in [5.41, 5.74) is 0.951. The summed E-state index contributed by atoms with van der Waals surface area (Å²) in [5.74, 6) is 0.235. The Hall–Kier alpha value is -0.845. The van der Waals surface area contributed by atoms with Gasteiger partial charge in [0.25, 0.3) is 0 Å². The van der Waals surface area contributed by atoms with Crippen molar-refractivity contribution in [3.05, 3.63) is 29.8 Å². The van der Waals surface area contributed by atoms with E-state index >= 15 is 0 Å². The molecular formula is C15H23BO4S. The molecule has 1 aromatic rings. The van der Waals surface area contributed by atoms with E-state index in [-0.39, 0.29) is 22.7 Å². The van der Waals surface area contributed by atoms with Gasteiger partial charge in [0.15, 0.2) is 9.84 Å². The van der Waals surface area contributed by atoms with Crippen LogP contribution in [0.4, 0.5) is 0 Å². The Labute approximate surface area is 127 Å². The van der Waals surface area contributed by atoms with E-state index in [2.05, 4.69) is 0 Å². The zero-order valence-electron chi connectivity index (χ0n) is 13.3. The molecule has 1 fully saturated rings. The van der Waals surface area contributed by atoms with Crippen molar-refractivity contribution in [2.45, 2.75) is 51.6 Å². The molecule has 0 spiro atoms. The fourth-order valence-corrected chi connectivity index (χ4v) is 3.01. The topological polar surface area (TPSA) is 52.6 Å². The van der Waals surface area contributed by atoms with Gasteiger partial charge < -0.3 is 9.31 Å². The predicted molar refractivity (Wildman–Crippen MR) is 85.3 cm³/mol. The first kappa shape index (κ1) is 16.5. The van der Waals surface area contributed by atoms with Crippen LogP contribution in [0.2, 0.25) is 0 Å². The maximum atomic E-state index is 11.6. The van der Waals surface area contributed by atoms with Crippen molar-refractivity contribution < 1.29 is 17.7 Å². The second-order valence-corrected chi connectivity index (χ2v) is 8.86. The Morgan fingerprint density at radius 3 is 1.90 bits per heavy atom. The van der Waals surface area contributed by atoms with E-state index in [9.17, 15) is 8.42 Å². The third-order valence-electron chi connectivity index (χ3n) is 4.33.